The molecule has 0 saturated heterocycles. The van der Waals surface area contributed by atoms with Gasteiger partial charge in [0.2, 0.25) is 5.91 Å². The molecule has 1 heterocycles. The van der Waals surface area contributed by atoms with Crippen molar-refractivity contribution in [2.45, 2.75) is 19.8 Å². The average Bonchev–Trinajstić information content (AvgIpc) is 3.17. The second kappa shape index (κ2) is 8.71. The monoisotopic (exact) mass is 398 g/mol. The number of methoxy groups -OCH3 is 1. The number of aryl methyl sites for hydroxylation is 2. The predicted molar refractivity (Wildman–Crippen MR) is 106 cm³/mol. The highest BCUT2D eigenvalue weighted by Gasteiger charge is 2.12. The number of amides is 1. The molecule has 1 amide bonds. The van der Waals surface area contributed by atoms with Crippen LogP contribution in [0.2, 0.25) is 5.02 Å². The van der Waals surface area contributed by atoms with Crippen LogP contribution in [-0.2, 0) is 16.0 Å². The van der Waals surface area contributed by atoms with Gasteiger partial charge in [-0.15, -0.1) is 0 Å². The van der Waals surface area contributed by atoms with Gasteiger partial charge >= 0.3 is 5.97 Å². The van der Waals surface area contributed by atoms with Gasteiger partial charge in [-0.2, -0.15) is 0 Å². The summed E-state index contributed by atoms with van der Waals surface area (Å²) in [7, 11) is 1.33. The summed E-state index contributed by atoms with van der Waals surface area (Å²) in [5, 5.41) is 3.48. The number of hydrogen-bond donors (Lipinski definition) is 1. The van der Waals surface area contributed by atoms with Crippen LogP contribution in [0.4, 0.5) is 5.69 Å². The fraction of sp³-hybridized carbons (Fsp3) is 0.190. The lowest BCUT2D eigenvalue weighted by Gasteiger charge is -2.09. The second-order valence-corrected chi connectivity index (χ2v) is 6.63. The maximum Gasteiger partial charge on any atom is 0.337 e. The Morgan fingerprint density at radius 3 is 2.61 bits per heavy atom. The van der Waals surface area contributed by atoms with E-state index in [1.807, 2.05) is 19.1 Å². The molecule has 1 aromatic heterocycles. The van der Waals surface area contributed by atoms with E-state index < -0.39 is 5.97 Å². The number of hydrogen-bond acceptors (Lipinski definition) is 5. The summed E-state index contributed by atoms with van der Waals surface area (Å²) < 4.78 is 10.4. The highest BCUT2D eigenvalue weighted by Crippen LogP contribution is 2.23. The van der Waals surface area contributed by atoms with Crippen LogP contribution in [0, 0.1) is 6.92 Å². The third kappa shape index (κ3) is 4.78. The summed E-state index contributed by atoms with van der Waals surface area (Å²) in [6.45, 7) is 1.81. The zero-order valence-electron chi connectivity index (χ0n) is 15.5. The van der Waals surface area contributed by atoms with E-state index >= 15 is 0 Å². The van der Waals surface area contributed by atoms with E-state index in [4.69, 9.17) is 16.0 Å². The number of rotatable bonds is 6. The fourth-order valence-electron chi connectivity index (χ4n) is 2.66. The smallest absolute Gasteiger partial charge is 0.337 e. The fourth-order valence-corrected chi connectivity index (χ4v) is 2.78. The molecule has 2 aromatic carbocycles. The molecule has 0 aliphatic heterocycles. The molecule has 0 aliphatic rings. The van der Waals surface area contributed by atoms with Crippen molar-refractivity contribution in [3.05, 3.63) is 70.7 Å². The summed E-state index contributed by atoms with van der Waals surface area (Å²) in [5.74, 6) is 0.528. The summed E-state index contributed by atoms with van der Waals surface area (Å²) in [6, 6.07) is 12.2. The molecule has 0 saturated carbocycles. The third-order valence-electron chi connectivity index (χ3n) is 4.17. The van der Waals surface area contributed by atoms with Gasteiger partial charge in [-0.25, -0.2) is 9.78 Å². The van der Waals surface area contributed by atoms with Crippen molar-refractivity contribution in [3.8, 4) is 11.3 Å². The Morgan fingerprint density at radius 2 is 1.93 bits per heavy atom. The minimum Gasteiger partial charge on any atom is -0.465 e. The lowest BCUT2D eigenvalue weighted by atomic mass is 10.1. The summed E-state index contributed by atoms with van der Waals surface area (Å²) in [4.78, 5) is 28.0. The molecule has 3 aromatic rings. The van der Waals surface area contributed by atoms with Crippen molar-refractivity contribution in [1.82, 2.24) is 4.98 Å². The molecule has 0 aliphatic carbocycles. The molecule has 0 bridgehead atoms. The topological polar surface area (TPSA) is 81.4 Å². The molecule has 3 rings (SSSR count). The van der Waals surface area contributed by atoms with Crippen LogP contribution >= 0.6 is 11.6 Å². The van der Waals surface area contributed by atoms with E-state index in [0.29, 0.717) is 34.3 Å². The lowest BCUT2D eigenvalue weighted by Crippen LogP contribution is -2.13. The molecule has 0 radical (unpaired) electrons. The van der Waals surface area contributed by atoms with Gasteiger partial charge in [-0.3, -0.25) is 4.79 Å². The molecule has 0 atom stereocenters. The molecule has 144 valence electrons. The average molecular weight is 399 g/mol. The van der Waals surface area contributed by atoms with E-state index in [-0.39, 0.29) is 12.3 Å². The summed E-state index contributed by atoms with van der Waals surface area (Å²) in [5.41, 5.74) is 2.73. The molecule has 0 unspecified atom stereocenters. The second-order valence-electron chi connectivity index (χ2n) is 6.19. The molecule has 6 nitrogen and oxygen atoms in total. The first-order valence-corrected chi connectivity index (χ1v) is 9.03. The van der Waals surface area contributed by atoms with Crippen molar-refractivity contribution >= 4 is 29.2 Å². The number of anilines is 1. The number of benzene rings is 2. The van der Waals surface area contributed by atoms with Crippen molar-refractivity contribution in [2.75, 3.05) is 12.4 Å². The van der Waals surface area contributed by atoms with Gasteiger partial charge in [0.25, 0.3) is 0 Å². The summed E-state index contributed by atoms with van der Waals surface area (Å²) in [6.07, 6.45) is 2.23. The first kappa shape index (κ1) is 19.6. The number of halogens is 1. The van der Waals surface area contributed by atoms with Crippen LogP contribution in [0.3, 0.4) is 0 Å². The zero-order valence-corrected chi connectivity index (χ0v) is 16.2. The largest absolute Gasteiger partial charge is 0.465 e. The number of nitrogens with one attached hydrogen (secondary N) is 1. The van der Waals surface area contributed by atoms with E-state index in [0.717, 1.165) is 11.1 Å². The SMILES string of the molecule is COC(=O)c1ccc(NC(=O)CCc2ncc(-c3ccc(Cl)cc3)o2)c(C)c1. The van der Waals surface area contributed by atoms with Crippen molar-refractivity contribution < 1.29 is 18.7 Å². The number of ether oxygens (including phenoxy) is 1. The Morgan fingerprint density at radius 1 is 1.18 bits per heavy atom. The van der Waals surface area contributed by atoms with Crippen LogP contribution < -0.4 is 5.32 Å². The van der Waals surface area contributed by atoms with Crippen molar-refractivity contribution in [2.24, 2.45) is 0 Å². The lowest BCUT2D eigenvalue weighted by molar-refractivity contribution is -0.116. The molecule has 0 spiro atoms. The van der Waals surface area contributed by atoms with Crippen LogP contribution in [0.5, 0.6) is 0 Å². The van der Waals surface area contributed by atoms with Crippen LogP contribution in [0.15, 0.2) is 53.1 Å². The molecule has 28 heavy (non-hydrogen) atoms. The molecule has 1 N–H and O–H groups in total. The number of carbonyl (C=O) groups excluding carboxylic acids is 2. The maximum absolute atomic E-state index is 12.2. The highest BCUT2D eigenvalue weighted by atomic mass is 35.5. The van der Waals surface area contributed by atoms with Crippen LogP contribution in [0.1, 0.15) is 28.2 Å². The van der Waals surface area contributed by atoms with Gasteiger partial charge < -0.3 is 14.5 Å². The number of nitrogens with zero attached hydrogens (tertiary/aromatic N) is 1. The minimum atomic E-state index is -0.415. The van der Waals surface area contributed by atoms with Gasteiger partial charge in [0.1, 0.15) is 0 Å². The number of oxazole rings is 1. The Hall–Kier alpha value is -3.12. The number of carbonyl (C=O) groups is 2. The van der Waals surface area contributed by atoms with E-state index in [2.05, 4.69) is 15.0 Å². The van der Waals surface area contributed by atoms with Gasteiger partial charge in [0, 0.05) is 29.1 Å². The van der Waals surface area contributed by atoms with Crippen molar-refractivity contribution in [1.29, 1.82) is 0 Å². The quantitative estimate of drug-likeness (QED) is 0.610. The standard InChI is InChI=1S/C21H19ClN2O4/c1-13-11-15(21(26)27-2)5-8-17(13)24-19(25)9-10-20-23-12-18(28-20)14-3-6-16(22)7-4-14/h3-8,11-12H,9-10H2,1-2H3,(H,24,25). The van der Waals surface area contributed by atoms with Crippen LogP contribution in [-0.4, -0.2) is 24.0 Å². The maximum atomic E-state index is 12.2. The zero-order chi connectivity index (χ0) is 20.1. The highest BCUT2D eigenvalue weighted by molar-refractivity contribution is 6.30. The molecular weight excluding hydrogens is 380 g/mol. The van der Waals surface area contributed by atoms with Gasteiger partial charge in [-0.1, -0.05) is 11.6 Å². The van der Waals surface area contributed by atoms with E-state index in [1.54, 1.807) is 36.5 Å². The van der Waals surface area contributed by atoms with Crippen molar-refractivity contribution in [3.63, 3.8) is 0 Å². The van der Waals surface area contributed by atoms with E-state index in [9.17, 15) is 9.59 Å². The molecular formula is C21H19ClN2O4. The summed E-state index contributed by atoms with van der Waals surface area (Å²) >= 11 is 5.88. The Kier molecular flexibility index (Phi) is 6.11. The van der Waals surface area contributed by atoms with E-state index in [1.165, 1.54) is 7.11 Å². The Labute approximate surface area is 167 Å². The number of aromatic nitrogens is 1. The number of esters is 1. The normalized spacial score (nSPS) is 10.5. The van der Waals surface area contributed by atoms with Gasteiger partial charge in [0.15, 0.2) is 11.7 Å². The Bertz CT molecular complexity index is 996. The minimum absolute atomic E-state index is 0.167. The third-order valence-corrected chi connectivity index (χ3v) is 4.42. The molecule has 7 heteroatoms. The predicted octanol–water partition coefficient (Wildman–Crippen LogP) is 4.66. The Balaban J connectivity index is 1.57. The van der Waals surface area contributed by atoms with Crippen LogP contribution in [0.25, 0.3) is 11.3 Å². The van der Waals surface area contributed by atoms with Gasteiger partial charge in [-0.05, 0) is 55.0 Å². The van der Waals surface area contributed by atoms with Gasteiger partial charge in [0.05, 0.1) is 18.9 Å². The first-order valence-electron chi connectivity index (χ1n) is 8.65. The first-order chi connectivity index (χ1) is 13.5. The molecule has 0 fully saturated rings.